The predicted octanol–water partition coefficient (Wildman–Crippen LogP) is 2.13. The monoisotopic (exact) mass is 356 g/mol. The van der Waals surface area contributed by atoms with Crippen LogP contribution >= 0.6 is 0 Å². The van der Waals surface area contributed by atoms with E-state index in [9.17, 15) is 19.7 Å². The number of aromatic nitrogens is 1. The molecule has 0 unspecified atom stereocenters. The van der Waals surface area contributed by atoms with Crippen LogP contribution in [-0.2, 0) is 9.59 Å². The first-order valence-corrected chi connectivity index (χ1v) is 7.97. The number of amides is 2. The minimum absolute atomic E-state index is 0.0562. The van der Waals surface area contributed by atoms with Crippen molar-refractivity contribution in [2.24, 2.45) is 0 Å². The Hall–Kier alpha value is -3.49. The lowest BCUT2D eigenvalue weighted by molar-refractivity contribution is -0.390. The molecule has 2 heterocycles. The van der Waals surface area contributed by atoms with Gasteiger partial charge >= 0.3 is 5.82 Å². The third-order valence-corrected chi connectivity index (χ3v) is 3.80. The van der Waals surface area contributed by atoms with Gasteiger partial charge in [0, 0.05) is 24.3 Å². The number of carbonyl (C=O) groups excluding carboxylic acids is 2. The Balaban J connectivity index is 1.62. The van der Waals surface area contributed by atoms with E-state index in [1.165, 1.54) is 18.3 Å². The molecule has 1 saturated heterocycles. The van der Waals surface area contributed by atoms with Crippen molar-refractivity contribution in [3.63, 3.8) is 0 Å². The largest absolute Gasteiger partial charge is 0.476 e. The number of hydrogen-bond donors (Lipinski definition) is 1. The fourth-order valence-electron chi connectivity index (χ4n) is 2.65. The summed E-state index contributed by atoms with van der Waals surface area (Å²) in [6.45, 7) is 0.253. The summed E-state index contributed by atoms with van der Waals surface area (Å²) >= 11 is 0. The molecule has 9 nitrogen and oxygen atoms in total. The molecule has 1 aromatic heterocycles. The van der Waals surface area contributed by atoms with Crippen LogP contribution < -0.4 is 15.0 Å². The second-order valence-electron chi connectivity index (χ2n) is 5.62. The lowest BCUT2D eigenvalue weighted by Gasteiger charge is -2.16. The highest BCUT2D eigenvalue weighted by Gasteiger charge is 2.22. The van der Waals surface area contributed by atoms with E-state index in [4.69, 9.17) is 4.74 Å². The van der Waals surface area contributed by atoms with Crippen LogP contribution in [0.1, 0.15) is 12.8 Å². The van der Waals surface area contributed by atoms with Crippen molar-refractivity contribution in [2.75, 3.05) is 23.4 Å². The number of nitro groups is 1. The molecule has 1 aliphatic rings. The maximum Gasteiger partial charge on any atom is 0.406 e. The van der Waals surface area contributed by atoms with Crippen LogP contribution in [0.5, 0.6) is 5.75 Å². The normalized spacial score (nSPS) is 13.5. The van der Waals surface area contributed by atoms with Crippen molar-refractivity contribution in [3.8, 4) is 5.75 Å². The van der Waals surface area contributed by atoms with E-state index in [1.807, 2.05) is 0 Å². The van der Waals surface area contributed by atoms with Crippen molar-refractivity contribution in [3.05, 3.63) is 52.7 Å². The Kier molecular flexibility index (Phi) is 5.07. The van der Waals surface area contributed by atoms with Crippen LogP contribution in [0.15, 0.2) is 42.6 Å². The Morgan fingerprint density at radius 2 is 2.19 bits per heavy atom. The van der Waals surface area contributed by atoms with Crippen LogP contribution in [0.3, 0.4) is 0 Å². The van der Waals surface area contributed by atoms with E-state index in [2.05, 4.69) is 10.3 Å². The Morgan fingerprint density at radius 3 is 2.92 bits per heavy atom. The number of carbonyl (C=O) groups is 2. The van der Waals surface area contributed by atoms with Gasteiger partial charge in [-0.1, -0.05) is 6.07 Å². The zero-order chi connectivity index (χ0) is 18.5. The Labute approximate surface area is 148 Å². The number of rotatable bonds is 6. The molecule has 134 valence electrons. The molecule has 3 rings (SSSR count). The summed E-state index contributed by atoms with van der Waals surface area (Å²) in [7, 11) is 0. The summed E-state index contributed by atoms with van der Waals surface area (Å²) in [4.78, 5) is 39.4. The summed E-state index contributed by atoms with van der Waals surface area (Å²) in [5.74, 6) is -0.951. The van der Waals surface area contributed by atoms with Crippen molar-refractivity contribution in [2.45, 2.75) is 12.8 Å². The maximum absolute atomic E-state index is 12.1. The average molecular weight is 356 g/mol. The SMILES string of the molecule is O=C(COc1cccnc1[N+](=O)[O-])Nc1cccc(N2CCCC2=O)c1. The number of nitrogens with zero attached hydrogens (tertiary/aromatic N) is 3. The molecule has 1 aromatic carbocycles. The van der Waals surface area contributed by atoms with E-state index in [1.54, 1.807) is 29.2 Å². The molecule has 0 atom stereocenters. The number of benzene rings is 1. The summed E-state index contributed by atoms with van der Waals surface area (Å²) in [6.07, 6.45) is 2.61. The molecule has 1 aliphatic heterocycles. The minimum Gasteiger partial charge on any atom is -0.476 e. The number of pyridine rings is 1. The number of ether oxygens (including phenoxy) is 1. The summed E-state index contributed by atoms with van der Waals surface area (Å²) in [5, 5.41) is 13.5. The lowest BCUT2D eigenvalue weighted by atomic mass is 10.2. The quantitative estimate of drug-likeness (QED) is 0.626. The van der Waals surface area contributed by atoms with Gasteiger partial charge in [0.2, 0.25) is 11.7 Å². The maximum atomic E-state index is 12.1. The average Bonchev–Trinajstić information content (AvgIpc) is 3.06. The molecule has 2 aromatic rings. The lowest BCUT2D eigenvalue weighted by Crippen LogP contribution is -2.24. The van der Waals surface area contributed by atoms with Crippen molar-refractivity contribution < 1.29 is 19.2 Å². The highest BCUT2D eigenvalue weighted by Crippen LogP contribution is 2.25. The van der Waals surface area contributed by atoms with E-state index in [-0.39, 0.29) is 11.7 Å². The van der Waals surface area contributed by atoms with Crippen LogP contribution in [0.2, 0.25) is 0 Å². The van der Waals surface area contributed by atoms with Crippen LogP contribution in [0, 0.1) is 10.1 Å². The summed E-state index contributed by atoms with van der Waals surface area (Å²) < 4.78 is 5.20. The second-order valence-corrected chi connectivity index (χ2v) is 5.62. The van der Waals surface area contributed by atoms with E-state index in [0.29, 0.717) is 24.3 Å². The number of hydrogen-bond acceptors (Lipinski definition) is 6. The number of nitrogens with one attached hydrogen (secondary N) is 1. The van der Waals surface area contributed by atoms with Gasteiger partial charge in [0.05, 0.1) is 0 Å². The smallest absolute Gasteiger partial charge is 0.406 e. The van der Waals surface area contributed by atoms with Crippen LogP contribution in [-0.4, -0.2) is 34.9 Å². The molecule has 0 bridgehead atoms. The minimum atomic E-state index is -0.677. The molecular weight excluding hydrogens is 340 g/mol. The highest BCUT2D eigenvalue weighted by molar-refractivity contribution is 5.97. The van der Waals surface area contributed by atoms with Gasteiger partial charge in [0.1, 0.15) is 6.20 Å². The number of anilines is 2. The summed E-state index contributed by atoms with van der Waals surface area (Å²) in [5.41, 5.74) is 1.23. The van der Waals surface area contributed by atoms with Crippen LogP contribution in [0.25, 0.3) is 0 Å². The zero-order valence-electron chi connectivity index (χ0n) is 13.8. The first-order valence-electron chi connectivity index (χ1n) is 7.97. The van der Waals surface area contributed by atoms with Crippen LogP contribution in [0.4, 0.5) is 17.2 Å². The third kappa shape index (κ3) is 3.94. The van der Waals surface area contributed by atoms with E-state index in [0.717, 1.165) is 6.42 Å². The molecule has 2 amide bonds. The molecule has 26 heavy (non-hydrogen) atoms. The fraction of sp³-hybridized carbons (Fsp3) is 0.235. The Bertz CT molecular complexity index is 855. The molecule has 9 heteroatoms. The molecule has 0 spiro atoms. The first-order chi connectivity index (χ1) is 12.5. The van der Waals surface area contributed by atoms with Crippen molar-refractivity contribution in [1.82, 2.24) is 4.98 Å². The van der Waals surface area contributed by atoms with Crippen molar-refractivity contribution in [1.29, 1.82) is 0 Å². The molecular formula is C17H16N4O5. The standard InChI is InChI=1S/C17H16N4O5/c22-15(11-26-14-6-2-8-18-17(14)21(24)25)19-12-4-1-5-13(10-12)20-9-3-7-16(20)23/h1-2,4-6,8,10H,3,7,9,11H2,(H,19,22). The van der Waals surface area contributed by atoms with Gasteiger partial charge in [-0.05, 0) is 46.7 Å². The molecule has 0 aliphatic carbocycles. The molecule has 0 radical (unpaired) electrons. The first kappa shape index (κ1) is 17.3. The molecule has 0 saturated carbocycles. The highest BCUT2D eigenvalue weighted by atomic mass is 16.6. The van der Waals surface area contributed by atoms with Gasteiger partial charge in [0.15, 0.2) is 6.61 Å². The van der Waals surface area contributed by atoms with Gasteiger partial charge in [-0.25, -0.2) is 0 Å². The van der Waals surface area contributed by atoms with Gasteiger partial charge in [-0.3, -0.25) is 9.59 Å². The second kappa shape index (κ2) is 7.60. The Morgan fingerprint density at radius 1 is 1.35 bits per heavy atom. The third-order valence-electron chi connectivity index (χ3n) is 3.80. The zero-order valence-corrected chi connectivity index (χ0v) is 13.8. The van der Waals surface area contributed by atoms with Gasteiger partial charge in [0.25, 0.3) is 5.91 Å². The molecule has 1 fully saturated rings. The fourth-order valence-corrected chi connectivity index (χ4v) is 2.65. The van der Waals surface area contributed by atoms with Gasteiger partial charge in [-0.2, -0.15) is 0 Å². The van der Waals surface area contributed by atoms with Crippen molar-refractivity contribution >= 4 is 29.0 Å². The topological polar surface area (TPSA) is 115 Å². The van der Waals surface area contributed by atoms with Gasteiger partial charge < -0.3 is 25.1 Å². The molecule has 1 N–H and O–H groups in total. The van der Waals surface area contributed by atoms with Gasteiger partial charge in [-0.15, -0.1) is 0 Å². The predicted molar refractivity (Wildman–Crippen MR) is 93.0 cm³/mol. The summed E-state index contributed by atoms with van der Waals surface area (Å²) in [6, 6.07) is 9.79. The van der Waals surface area contributed by atoms with E-state index < -0.39 is 23.3 Å². The van der Waals surface area contributed by atoms with E-state index >= 15 is 0 Å².